The van der Waals surface area contributed by atoms with E-state index in [2.05, 4.69) is 15.0 Å². The van der Waals surface area contributed by atoms with Crippen LogP contribution in [0.1, 0.15) is 45.7 Å². The number of aromatic carboxylic acids is 1. The molecule has 0 aromatic carbocycles. The number of aromatic nitrogens is 3. The number of hydrogen-bond donors (Lipinski definition) is 3. The van der Waals surface area contributed by atoms with Crippen molar-refractivity contribution >= 4 is 5.97 Å². The Bertz CT molecular complexity index is 1160. The molecule has 3 heterocycles. The van der Waals surface area contributed by atoms with Gasteiger partial charge < -0.3 is 15.8 Å². The van der Waals surface area contributed by atoms with Crippen molar-refractivity contribution in [2.75, 3.05) is 0 Å². The predicted molar refractivity (Wildman–Crippen MR) is 106 cm³/mol. The van der Waals surface area contributed by atoms with Crippen LogP contribution in [0.4, 0.5) is 4.39 Å². The molecule has 5 rings (SSSR count). The third-order valence-electron chi connectivity index (χ3n) is 5.98. The average molecular weight is 392 g/mol. The van der Waals surface area contributed by atoms with E-state index < -0.39 is 11.9 Å². The monoisotopic (exact) mass is 392 g/mol. The molecular formula is C22H21FN4O2. The SMILES string of the molecule is Cc1ccc(-c2cc3c(cn2)CCc2c-3[nH]c(CC3(N)CC3)c2C(=O)O)c(F)n1. The first-order valence-corrected chi connectivity index (χ1v) is 9.73. The van der Waals surface area contributed by atoms with Gasteiger partial charge in [-0.3, -0.25) is 4.98 Å². The molecule has 0 radical (unpaired) electrons. The number of fused-ring (bicyclic) bond motifs is 3. The van der Waals surface area contributed by atoms with E-state index in [1.807, 2.05) is 6.07 Å². The first-order valence-electron chi connectivity index (χ1n) is 9.73. The first-order chi connectivity index (χ1) is 13.8. The lowest BCUT2D eigenvalue weighted by Crippen LogP contribution is -2.25. The van der Waals surface area contributed by atoms with Crippen LogP contribution in [-0.2, 0) is 19.3 Å². The van der Waals surface area contributed by atoms with Crippen LogP contribution in [0, 0.1) is 12.9 Å². The summed E-state index contributed by atoms with van der Waals surface area (Å²) in [5.41, 5.74) is 11.8. The lowest BCUT2D eigenvalue weighted by Gasteiger charge is -2.17. The zero-order valence-corrected chi connectivity index (χ0v) is 16.1. The summed E-state index contributed by atoms with van der Waals surface area (Å²) in [6.07, 6.45) is 5.39. The van der Waals surface area contributed by atoms with Gasteiger partial charge in [0, 0.05) is 35.1 Å². The van der Waals surface area contributed by atoms with Gasteiger partial charge in [-0.2, -0.15) is 4.39 Å². The molecule has 3 aromatic heterocycles. The molecule has 0 aliphatic heterocycles. The maximum atomic E-state index is 14.4. The van der Waals surface area contributed by atoms with Crippen molar-refractivity contribution in [1.82, 2.24) is 15.0 Å². The third-order valence-corrected chi connectivity index (χ3v) is 5.98. The average Bonchev–Trinajstić information content (AvgIpc) is 3.27. The van der Waals surface area contributed by atoms with Gasteiger partial charge in [0.05, 0.1) is 22.5 Å². The van der Waals surface area contributed by atoms with Gasteiger partial charge in [0.25, 0.3) is 0 Å². The van der Waals surface area contributed by atoms with Gasteiger partial charge in [-0.25, -0.2) is 9.78 Å². The summed E-state index contributed by atoms with van der Waals surface area (Å²) in [5.74, 6) is -1.50. The first kappa shape index (κ1) is 18.0. The number of aromatic amines is 1. The molecule has 29 heavy (non-hydrogen) atoms. The number of nitrogens with zero attached hydrogens (tertiary/aromatic N) is 2. The van der Waals surface area contributed by atoms with Gasteiger partial charge in [-0.15, -0.1) is 0 Å². The number of rotatable bonds is 4. The summed E-state index contributed by atoms with van der Waals surface area (Å²) in [4.78, 5) is 23.7. The van der Waals surface area contributed by atoms with Crippen molar-refractivity contribution in [3.05, 3.63) is 58.4 Å². The molecule has 0 atom stereocenters. The van der Waals surface area contributed by atoms with E-state index in [1.54, 1.807) is 25.3 Å². The van der Waals surface area contributed by atoms with E-state index in [0.29, 0.717) is 47.5 Å². The van der Waals surface area contributed by atoms with Gasteiger partial charge in [-0.05, 0) is 61.9 Å². The number of aryl methyl sites for hydroxylation is 2. The zero-order chi connectivity index (χ0) is 20.3. The second-order valence-corrected chi connectivity index (χ2v) is 8.19. The molecule has 7 heteroatoms. The Kier molecular flexibility index (Phi) is 3.86. The van der Waals surface area contributed by atoms with Crippen LogP contribution < -0.4 is 5.73 Å². The maximum Gasteiger partial charge on any atom is 0.337 e. The number of carboxylic acid groups (broad SMARTS) is 1. The molecule has 3 aromatic rings. The number of nitrogens with one attached hydrogen (secondary N) is 1. The Labute approximate surface area is 167 Å². The molecule has 0 saturated heterocycles. The fourth-order valence-corrected chi connectivity index (χ4v) is 4.19. The zero-order valence-electron chi connectivity index (χ0n) is 16.1. The Balaban J connectivity index is 1.64. The second-order valence-electron chi connectivity index (χ2n) is 8.19. The van der Waals surface area contributed by atoms with Crippen LogP contribution in [0.5, 0.6) is 0 Å². The van der Waals surface area contributed by atoms with Gasteiger partial charge in [0.15, 0.2) is 0 Å². The lowest BCUT2D eigenvalue weighted by molar-refractivity contribution is 0.0694. The van der Waals surface area contributed by atoms with Crippen LogP contribution in [0.3, 0.4) is 0 Å². The highest BCUT2D eigenvalue weighted by Gasteiger charge is 2.40. The maximum absolute atomic E-state index is 14.4. The highest BCUT2D eigenvalue weighted by atomic mass is 19.1. The Morgan fingerprint density at radius 3 is 2.79 bits per heavy atom. The van der Waals surface area contributed by atoms with Crippen LogP contribution in [0.15, 0.2) is 24.4 Å². The van der Waals surface area contributed by atoms with Crippen molar-refractivity contribution in [1.29, 1.82) is 0 Å². The van der Waals surface area contributed by atoms with Crippen LogP contribution in [0.25, 0.3) is 22.5 Å². The molecule has 0 amide bonds. The van der Waals surface area contributed by atoms with Gasteiger partial charge in [-0.1, -0.05) is 0 Å². The van der Waals surface area contributed by atoms with Crippen LogP contribution in [-0.4, -0.2) is 31.6 Å². The fraction of sp³-hybridized carbons (Fsp3) is 0.318. The quantitative estimate of drug-likeness (QED) is 0.590. The number of nitrogens with two attached hydrogens (primary N) is 1. The summed E-state index contributed by atoms with van der Waals surface area (Å²) in [6.45, 7) is 1.73. The van der Waals surface area contributed by atoms with E-state index in [4.69, 9.17) is 5.73 Å². The van der Waals surface area contributed by atoms with Crippen LogP contribution in [0.2, 0.25) is 0 Å². The number of hydrogen-bond acceptors (Lipinski definition) is 4. The molecule has 4 N–H and O–H groups in total. The molecule has 1 saturated carbocycles. The summed E-state index contributed by atoms with van der Waals surface area (Å²) >= 11 is 0. The Morgan fingerprint density at radius 1 is 1.31 bits per heavy atom. The van der Waals surface area contributed by atoms with Gasteiger partial charge in [0.1, 0.15) is 0 Å². The van der Waals surface area contributed by atoms with E-state index in [1.165, 1.54) is 0 Å². The van der Waals surface area contributed by atoms with Crippen molar-refractivity contribution in [3.63, 3.8) is 0 Å². The smallest absolute Gasteiger partial charge is 0.337 e. The largest absolute Gasteiger partial charge is 0.478 e. The van der Waals surface area contributed by atoms with Crippen molar-refractivity contribution in [3.8, 4) is 22.5 Å². The molecule has 2 aliphatic rings. The molecule has 148 valence electrons. The molecule has 2 aliphatic carbocycles. The molecule has 6 nitrogen and oxygen atoms in total. The third kappa shape index (κ3) is 3.02. The van der Waals surface area contributed by atoms with E-state index in [9.17, 15) is 14.3 Å². The van der Waals surface area contributed by atoms with Crippen LogP contribution >= 0.6 is 0 Å². The molecule has 0 bridgehead atoms. The number of carbonyl (C=O) groups is 1. The number of carboxylic acids is 1. The minimum absolute atomic E-state index is 0.305. The highest BCUT2D eigenvalue weighted by molar-refractivity contribution is 5.95. The molecular weight excluding hydrogens is 371 g/mol. The van der Waals surface area contributed by atoms with E-state index in [-0.39, 0.29) is 5.54 Å². The van der Waals surface area contributed by atoms with Crippen molar-refractivity contribution in [2.45, 2.75) is 44.6 Å². The number of pyridine rings is 2. The standard InChI is InChI=1S/C22H21FN4O2/c1-11-2-4-13(20(23)26-11)16-8-15-12(10-25-16)3-5-14-18(21(28)29)17(27-19(14)15)9-22(24)6-7-22/h2,4,8,10,27H,3,5-7,9,24H2,1H3,(H,28,29). The van der Waals surface area contributed by atoms with Gasteiger partial charge in [0.2, 0.25) is 5.95 Å². The lowest BCUT2D eigenvalue weighted by atomic mass is 9.88. The highest BCUT2D eigenvalue weighted by Crippen LogP contribution is 2.41. The topological polar surface area (TPSA) is 105 Å². The summed E-state index contributed by atoms with van der Waals surface area (Å²) in [5, 5.41) is 9.84. The molecule has 0 spiro atoms. The molecule has 1 fully saturated rings. The Hall–Kier alpha value is -3.06. The second kappa shape index (κ2) is 6.22. The summed E-state index contributed by atoms with van der Waals surface area (Å²) in [7, 11) is 0. The minimum atomic E-state index is -0.937. The summed E-state index contributed by atoms with van der Waals surface area (Å²) in [6, 6.07) is 5.24. The van der Waals surface area contributed by atoms with Gasteiger partial charge >= 0.3 is 5.97 Å². The minimum Gasteiger partial charge on any atom is -0.478 e. The fourth-order valence-electron chi connectivity index (χ4n) is 4.19. The van der Waals surface area contributed by atoms with Crippen molar-refractivity contribution in [2.24, 2.45) is 5.73 Å². The normalized spacial score (nSPS) is 16.2. The number of H-pyrrole nitrogens is 1. The molecule has 0 unspecified atom stereocenters. The van der Waals surface area contributed by atoms with E-state index >= 15 is 0 Å². The predicted octanol–water partition coefficient (Wildman–Crippen LogP) is 3.42. The Morgan fingerprint density at radius 2 is 2.10 bits per heavy atom. The number of halogens is 1. The summed E-state index contributed by atoms with van der Waals surface area (Å²) < 4.78 is 14.4. The van der Waals surface area contributed by atoms with E-state index in [0.717, 1.165) is 35.2 Å². The van der Waals surface area contributed by atoms with Crippen molar-refractivity contribution < 1.29 is 14.3 Å².